The van der Waals surface area contributed by atoms with Gasteiger partial charge in [-0.15, -0.1) is 11.3 Å². The molecule has 17 heavy (non-hydrogen) atoms. The first-order valence-electron chi connectivity index (χ1n) is 6.35. The van der Waals surface area contributed by atoms with E-state index in [1.807, 2.05) is 11.3 Å². The number of aryl methyl sites for hydroxylation is 1. The molecular weight excluding hydrogens is 248 g/mol. The Morgan fingerprint density at radius 3 is 2.82 bits per heavy atom. The van der Waals surface area contributed by atoms with Gasteiger partial charge in [-0.2, -0.15) is 11.8 Å². The number of rotatable bonds is 5. The minimum atomic E-state index is 0.495. The van der Waals surface area contributed by atoms with E-state index in [-0.39, 0.29) is 0 Å². The van der Waals surface area contributed by atoms with Crippen LogP contribution < -0.4 is 5.32 Å². The maximum absolute atomic E-state index is 3.64. The molecular formula is C13H22N2S2. The predicted octanol–water partition coefficient (Wildman–Crippen LogP) is 2.76. The van der Waals surface area contributed by atoms with E-state index >= 15 is 0 Å². The molecule has 96 valence electrons. The van der Waals surface area contributed by atoms with E-state index in [0.717, 1.165) is 6.54 Å². The molecule has 1 saturated heterocycles. The Labute approximate surface area is 113 Å². The zero-order valence-electron chi connectivity index (χ0n) is 10.7. The number of nitrogens with zero attached hydrogens (tertiary/aromatic N) is 1. The second kappa shape index (κ2) is 6.78. The Hall–Kier alpha value is -0.0300. The number of hydrogen-bond acceptors (Lipinski definition) is 4. The van der Waals surface area contributed by atoms with Crippen molar-refractivity contribution in [3.8, 4) is 0 Å². The lowest BCUT2D eigenvalue weighted by Crippen LogP contribution is -2.38. The normalized spacial score (nSPS) is 19.4. The average molecular weight is 270 g/mol. The lowest BCUT2D eigenvalue weighted by Gasteiger charge is -2.26. The van der Waals surface area contributed by atoms with Crippen molar-refractivity contribution in [3.63, 3.8) is 0 Å². The summed E-state index contributed by atoms with van der Waals surface area (Å²) < 4.78 is 0. The second-order valence-electron chi connectivity index (χ2n) is 4.60. The Balaban J connectivity index is 1.69. The molecule has 1 fully saturated rings. The van der Waals surface area contributed by atoms with Crippen LogP contribution >= 0.6 is 23.1 Å². The van der Waals surface area contributed by atoms with Gasteiger partial charge in [0.25, 0.3) is 0 Å². The molecule has 1 aromatic heterocycles. The van der Waals surface area contributed by atoms with Gasteiger partial charge in [0.15, 0.2) is 0 Å². The van der Waals surface area contributed by atoms with Crippen LogP contribution in [-0.4, -0.2) is 42.6 Å². The van der Waals surface area contributed by atoms with E-state index in [1.54, 1.807) is 0 Å². The van der Waals surface area contributed by atoms with E-state index in [4.69, 9.17) is 0 Å². The summed E-state index contributed by atoms with van der Waals surface area (Å²) in [6.07, 6.45) is 0. The van der Waals surface area contributed by atoms with Crippen LogP contribution in [0.1, 0.15) is 23.4 Å². The molecule has 0 amide bonds. The van der Waals surface area contributed by atoms with Crippen LogP contribution in [0, 0.1) is 6.92 Å². The Morgan fingerprint density at radius 2 is 2.18 bits per heavy atom. The van der Waals surface area contributed by atoms with Crippen LogP contribution in [0.4, 0.5) is 0 Å². The maximum atomic E-state index is 3.64. The van der Waals surface area contributed by atoms with Gasteiger partial charge in [0.2, 0.25) is 0 Å². The SMILES string of the molecule is Cc1ccsc1C(C)NCCN1CCSCC1. The molecule has 0 aliphatic carbocycles. The van der Waals surface area contributed by atoms with E-state index < -0.39 is 0 Å². The summed E-state index contributed by atoms with van der Waals surface area (Å²) in [4.78, 5) is 4.05. The summed E-state index contributed by atoms with van der Waals surface area (Å²) in [7, 11) is 0. The van der Waals surface area contributed by atoms with Gasteiger partial charge >= 0.3 is 0 Å². The topological polar surface area (TPSA) is 15.3 Å². The fraction of sp³-hybridized carbons (Fsp3) is 0.692. The Kier molecular flexibility index (Phi) is 5.35. The first kappa shape index (κ1) is 13.4. The van der Waals surface area contributed by atoms with E-state index in [9.17, 15) is 0 Å². The first-order valence-corrected chi connectivity index (χ1v) is 8.38. The molecule has 0 bridgehead atoms. The fourth-order valence-electron chi connectivity index (χ4n) is 2.18. The van der Waals surface area contributed by atoms with Gasteiger partial charge in [0, 0.05) is 48.6 Å². The molecule has 1 N–H and O–H groups in total. The van der Waals surface area contributed by atoms with Crippen molar-refractivity contribution in [3.05, 3.63) is 21.9 Å². The summed E-state index contributed by atoms with van der Waals surface area (Å²) in [5, 5.41) is 5.82. The van der Waals surface area contributed by atoms with Gasteiger partial charge in [-0.3, -0.25) is 0 Å². The van der Waals surface area contributed by atoms with Crippen LogP contribution in [0.25, 0.3) is 0 Å². The molecule has 1 atom stereocenters. The predicted molar refractivity (Wildman–Crippen MR) is 79.2 cm³/mol. The van der Waals surface area contributed by atoms with Crippen molar-refractivity contribution >= 4 is 23.1 Å². The lowest BCUT2D eigenvalue weighted by atomic mass is 10.2. The highest BCUT2D eigenvalue weighted by Crippen LogP contribution is 2.23. The minimum Gasteiger partial charge on any atom is -0.308 e. The van der Waals surface area contributed by atoms with Crippen LogP contribution in [0.15, 0.2) is 11.4 Å². The summed E-state index contributed by atoms with van der Waals surface area (Å²) in [5.74, 6) is 2.61. The van der Waals surface area contributed by atoms with Gasteiger partial charge in [0.1, 0.15) is 0 Å². The third-order valence-corrected chi connectivity index (χ3v) is 5.42. The van der Waals surface area contributed by atoms with Crippen LogP contribution in [0.3, 0.4) is 0 Å². The lowest BCUT2D eigenvalue weighted by molar-refractivity contribution is 0.297. The van der Waals surface area contributed by atoms with Crippen molar-refractivity contribution in [2.45, 2.75) is 19.9 Å². The minimum absolute atomic E-state index is 0.495. The van der Waals surface area contributed by atoms with Gasteiger partial charge in [-0.05, 0) is 30.9 Å². The molecule has 0 saturated carbocycles. The third-order valence-electron chi connectivity index (χ3n) is 3.28. The van der Waals surface area contributed by atoms with Crippen LogP contribution in [0.5, 0.6) is 0 Å². The monoisotopic (exact) mass is 270 g/mol. The molecule has 1 aliphatic rings. The second-order valence-corrected chi connectivity index (χ2v) is 6.77. The molecule has 2 nitrogen and oxygen atoms in total. The summed E-state index contributed by atoms with van der Waals surface area (Å²) in [6.45, 7) is 9.28. The van der Waals surface area contributed by atoms with Crippen LogP contribution in [0.2, 0.25) is 0 Å². The highest BCUT2D eigenvalue weighted by Gasteiger charge is 2.12. The van der Waals surface area contributed by atoms with Gasteiger partial charge in [-0.25, -0.2) is 0 Å². The number of nitrogens with one attached hydrogen (secondary N) is 1. The Morgan fingerprint density at radius 1 is 1.41 bits per heavy atom. The molecule has 1 aromatic rings. The molecule has 1 unspecified atom stereocenters. The average Bonchev–Trinajstić information content (AvgIpc) is 2.77. The van der Waals surface area contributed by atoms with Gasteiger partial charge in [-0.1, -0.05) is 0 Å². The van der Waals surface area contributed by atoms with Crippen molar-refractivity contribution < 1.29 is 0 Å². The Bertz CT molecular complexity index is 332. The maximum Gasteiger partial charge on any atom is 0.0389 e. The molecule has 2 rings (SSSR count). The largest absolute Gasteiger partial charge is 0.308 e. The quantitative estimate of drug-likeness (QED) is 0.886. The fourth-order valence-corrected chi connectivity index (χ4v) is 4.12. The van der Waals surface area contributed by atoms with E-state index in [0.29, 0.717) is 6.04 Å². The van der Waals surface area contributed by atoms with Crippen LogP contribution in [-0.2, 0) is 0 Å². The molecule has 2 heterocycles. The number of thiophene rings is 1. The molecule has 4 heteroatoms. The standard InChI is InChI=1S/C13H22N2S2/c1-11-3-8-17-13(11)12(2)14-4-5-15-6-9-16-10-7-15/h3,8,12,14H,4-7,9-10H2,1-2H3. The van der Waals surface area contributed by atoms with E-state index in [1.165, 1.54) is 41.6 Å². The van der Waals surface area contributed by atoms with Gasteiger partial charge < -0.3 is 10.2 Å². The number of hydrogen-bond donors (Lipinski definition) is 1. The molecule has 0 radical (unpaired) electrons. The van der Waals surface area contributed by atoms with Crippen molar-refractivity contribution in [1.29, 1.82) is 0 Å². The van der Waals surface area contributed by atoms with E-state index in [2.05, 4.69) is 47.3 Å². The zero-order valence-corrected chi connectivity index (χ0v) is 12.4. The first-order chi connectivity index (χ1) is 8.27. The molecule has 0 spiro atoms. The summed E-state index contributed by atoms with van der Waals surface area (Å²) >= 11 is 3.94. The molecule has 0 aromatic carbocycles. The summed E-state index contributed by atoms with van der Waals surface area (Å²) in [6, 6.07) is 2.70. The highest BCUT2D eigenvalue weighted by molar-refractivity contribution is 7.99. The van der Waals surface area contributed by atoms with Crippen molar-refractivity contribution in [2.75, 3.05) is 37.7 Å². The smallest absolute Gasteiger partial charge is 0.0389 e. The number of thioether (sulfide) groups is 1. The molecule has 1 aliphatic heterocycles. The summed E-state index contributed by atoms with van der Waals surface area (Å²) in [5.41, 5.74) is 1.42. The third kappa shape index (κ3) is 3.98. The van der Waals surface area contributed by atoms with Crippen molar-refractivity contribution in [1.82, 2.24) is 10.2 Å². The van der Waals surface area contributed by atoms with Gasteiger partial charge in [0.05, 0.1) is 0 Å². The highest BCUT2D eigenvalue weighted by atomic mass is 32.2. The van der Waals surface area contributed by atoms with Crippen molar-refractivity contribution in [2.24, 2.45) is 0 Å². The zero-order chi connectivity index (χ0) is 12.1.